The average molecular weight is 634 g/mol. The van der Waals surface area contributed by atoms with Crippen molar-refractivity contribution in [1.29, 1.82) is 0 Å². The number of carboxylic acid groups (broad SMARTS) is 1. The molecule has 236 valence electrons. The number of ether oxygens (including phenoxy) is 1. The Labute approximate surface area is 260 Å². The third-order valence-corrected chi connectivity index (χ3v) is 10.1. The van der Waals surface area contributed by atoms with Gasteiger partial charge in [0.15, 0.2) is 15.9 Å². The second kappa shape index (κ2) is 13.1. The van der Waals surface area contributed by atoms with Crippen LogP contribution < -0.4 is 21.5 Å². The molecule has 0 radical (unpaired) electrons. The quantitative estimate of drug-likeness (QED) is 0.149. The van der Waals surface area contributed by atoms with Crippen molar-refractivity contribution in [1.82, 2.24) is 15.3 Å². The van der Waals surface area contributed by atoms with Gasteiger partial charge in [-0.1, -0.05) is 25.1 Å². The second-order valence-corrected chi connectivity index (χ2v) is 13.4. The molecule has 1 saturated carbocycles. The van der Waals surface area contributed by atoms with E-state index in [1.54, 1.807) is 49.5 Å². The highest BCUT2D eigenvalue weighted by Gasteiger charge is 2.38. The van der Waals surface area contributed by atoms with Gasteiger partial charge < -0.3 is 25.5 Å². The van der Waals surface area contributed by atoms with E-state index in [9.17, 15) is 27.9 Å². The first-order valence-electron chi connectivity index (χ1n) is 14.5. The van der Waals surface area contributed by atoms with E-state index in [-0.39, 0.29) is 28.2 Å². The molecule has 0 aliphatic heterocycles. The Balaban J connectivity index is 1.23. The number of carboxylic acids is 1. The van der Waals surface area contributed by atoms with E-state index in [0.29, 0.717) is 52.8 Å². The molecule has 1 aromatic heterocycles. The molecule has 45 heavy (non-hydrogen) atoms. The summed E-state index contributed by atoms with van der Waals surface area (Å²) in [5.41, 5.74) is 3.85. The van der Waals surface area contributed by atoms with Crippen molar-refractivity contribution in [2.45, 2.75) is 55.3 Å². The number of fused-ring (bicyclic) bond motifs is 1. The highest BCUT2D eigenvalue weighted by molar-refractivity contribution is 7.92. The topological polar surface area (TPSA) is 180 Å². The minimum absolute atomic E-state index is 0.0593. The number of amides is 1. The maximum atomic E-state index is 12.8. The van der Waals surface area contributed by atoms with E-state index >= 15 is 0 Å². The molecule has 2 unspecified atom stereocenters. The van der Waals surface area contributed by atoms with E-state index < -0.39 is 27.9 Å². The number of anilines is 2. The van der Waals surface area contributed by atoms with Crippen LogP contribution in [-0.4, -0.2) is 54.5 Å². The van der Waals surface area contributed by atoms with Crippen LogP contribution in [0.25, 0.3) is 10.9 Å². The van der Waals surface area contributed by atoms with E-state index in [2.05, 4.69) is 25.9 Å². The number of hydrogen-bond donors (Lipinski definition) is 5. The van der Waals surface area contributed by atoms with Gasteiger partial charge in [0, 0.05) is 23.8 Å². The van der Waals surface area contributed by atoms with Crippen molar-refractivity contribution in [2.75, 3.05) is 24.3 Å². The highest BCUT2D eigenvalue weighted by atomic mass is 32.2. The molecule has 0 spiro atoms. The van der Waals surface area contributed by atoms with Crippen molar-refractivity contribution in [3.63, 3.8) is 0 Å². The number of aromatic amines is 1. The molecule has 5 rings (SSSR count). The first-order valence-corrected chi connectivity index (χ1v) is 16.0. The van der Waals surface area contributed by atoms with Crippen LogP contribution in [0.2, 0.25) is 0 Å². The van der Waals surface area contributed by atoms with Crippen molar-refractivity contribution < 1.29 is 27.9 Å². The Hall–Kier alpha value is -4.75. The number of sulfone groups is 1. The number of rotatable bonds is 12. The van der Waals surface area contributed by atoms with Crippen molar-refractivity contribution in [3.8, 4) is 0 Å². The van der Waals surface area contributed by atoms with Crippen LogP contribution in [-0.2, 0) is 25.9 Å². The lowest BCUT2D eigenvalue weighted by atomic mass is 9.93. The fourth-order valence-corrected chi connectivity index (χ4v) is 7.18. The number of nitrogens with zero attached hydrogens (tertiary/aromatic N) is 1. The van der Waals surface area contributed by atoms with Crippen LogP contribution in [0.4, 0.5) is 16.2 Å². The molecule has 1 fully saturated rings. The number of aliphatic carboxylic acids is 1. The molecule has 3 aromatic carbocycles. The largest absolute Gasteiger partial charge is 0.479 e. The molecule has 1 aliphatic rings. The van der Waals surface area contributed by atoms with Crippen molar-refractivity contribution in [3.05, 3.63) is 93.5 Å². The molecule has 0 bridgehead atoms. The standard InChI is InChI=1S/C32H35N5O7S/c1-18-12-20(29(31(39)40)36-23-5-10-27-26(14-23)30(38)35-17-34-27)4-9-25(18)19(2)16-44-32(41)37-22-6-11-28(21(13-22)15-33-3)45(42,43)24-7-8-24/h4-6,9-14,17,19,24,29,33,36H,7-8,15-16H2,1-3H3,(H,37,41)(H,39,40)(H,34,35,38). The summed E-state index contributed by atoms with van der Waals surface area (Å²) in [6, 6.07) is 13.8. The van der Waals surface area contributed by atoms with Crippen molar-refractivity contribution in [2.24, 2.45) is 0 Å². The molecule has 0 saturated heterocycles. The molecule has 12 nitrogen and oxygen atoms in total. The lowest BCUT2D eigenvalue weighted by molar-refractivity contribution is -0.138. The predicted octanol–water partition coefficient (Wildman–Crippen LogP) is 4.48. The van der Waals surface area contributed by atoms with E-state index in [1.807, 2.05) is 19.9 Å². The zero-order valence-electron chi connectivity index (χ0n) is 25.1. The van der Waals surface area contributed by atoms with E-state index in [0.717, 1.165) is 11.1 Å². The fourth-order valence-electron chi connectivity index (χ4n) is 5.31. The number of carbonyl (C=O) groups is 2. The lowest BCUT2D eigenvalue weighted by Crippen LogP contribution is -2.21. The molecule has 1 heterocycles. The highest BCUT2D eigenvalue weighted by Crippen LogP contribution is 2.36. The van der Waals surface area contributed by atoms with Gasteiger partial charge in [-0.3, -0.25) is 10.1 Å². The number of nitrogens with one attached hydrogen (secondary N) is 4. The van der Waals surface area contributed by atoms with Gasteiger partial charge in [0.25, 0.3) is 5.56 Å². The average Bonchev–Trinajstić information content (AvgIpc) is 3.86. The van der Waals surface area contributed by atoms with Gasteiger partial charge in [-0.2, -0.15) is 0 Å². The molecule has 5 N–H and O–H groups in total. The molecule has 4 aromatic rings. The van der Waals surface area contributed by atoms with E-state index in [4.69, 9.17) is 4.74 Å². The van der Waals surface area contributed by atoms with Gasteiger partial charge in [0.1, 0.15) is 0 Å². The van der Waals surface area contributed by atoms with Crippen LogP contribution in [0.5, 0.6) is 0 Å². The van der Waals surface area contributed by atoms with Crippen molar-refractivity contribution >= 4 is 44.2 Å². The maximum Gasteiger partial charge on any atom is 0.411 e. The van der Waals surface area contributed by atoms with E-state index in [1.165, 1.54) is 12.4 Å². The first kappa shape index (κ1) is 31.7. The smallest absolute Gasteiger partial charge is 0.411 e. The normalized spacial score (nSPS) is 14.5. The van der Waals surface area contributed by atoms with Gasteiger partial charge in [0.05, 0.1) is 34.0 Å². The first-order chi connectivity index (χ1) is 21.5. The van der Waals surface area contributed by atoms with Crippen LogP contribution in [0, 0.1) is 6.92 Å². The zero-order valence-corrected chi connectivity index (χ0v) is 25.9. The Morgan fingerprint density at radius 2 is 1.84 bits per heavy atom. The van der Waals surface area contributed by atoms with Gasteiger partial charge in [-0.25, -0.2) is 23.0 Å². The summed E-state index contributed by atoms with van der Waals surface area (Å²) in [6.45, 7) is 4.14. The molecular weight excluding hydrogens is 598 g/mol. The SMILES string of the molecule is CNCc1cc(NC(=O)OCC(C)c2ccc(C(Nc3ccc4nc[nH]c(=O)c4c3)C(=O)O)cc2C)ccc1S(=O)(=O)C1CC1. The maximum absolute atomic E-state index is 12.8. The van der Waals surface area contributed by atoms with Crippen LogP contribution in [0.3, 0.4) is 0 Å². The molecule has 1 amide bonds. The minimum Gasteiger partial charge on any atom is -0.479 e. The Bertz CT molecular complexity index is 1920. The van der Waals surface area contributed by atoms with Gasteiger partial charge in [0.2, 0.25) is 0 Å². The molecule has 13 heteroatoms. The monoisotopic (exact) mass is 633 g/mol. The number of aryl methyl sites for hydroxylation is 1. The number of benzene rings is 3. The molecule has 1 aliphatic carbocycles. The zero-order chi connectivity index (χ0) is 32.3. The summed E-state index contributed by atoms with van der Waals surface area (Å²) in [4.78, 5) is 43.9. The van der Waals surface area contributed by atoms with Crippen LogP contribution in [0.1, 0.15) is 54.0 Å². The molecular formula is C32H35N5O7S. The predicted molar refractivity (Wildman–Crippen MR) is 170 cm³/mol. The van der Waals surface area contributed by atoms with Gasteiger partial charge in [-0.05, 0) is 85.5 Å². The Morgan fingerprint density at radius 3 is 2.53 bits per heavy atom. The Kier molecular flexibility index (Phi) is 9.21. The van der Waals surface area contributed by atoms with Gasteiger partial charge in [-0.15, -0.1) is 0 Å². The summed E-state index contributed by atoms with van der Waals surface area (Å²) < 4.78 is 31.1. The third kappa shape index (κ3) is 7.15. The summed E-state index contributed by atoms with van der Waals surface area (Å²) >= 11 is 0. The van der Waals surface area contributed by atoms with Crippen LogP contribution >= 0.6 is 0 Å². The Morgan fingerprint density at radius 1 is 1.09 bits per heavy atom. The summed E-state index contributed by atoms with van der Waals surface area (Å²) in [6.07, 6.45) is 1.96. The van der Waals surface area contributed by atoms with Crippen LogP contribution in [0.15, 0.2) is 70.6 Å². The minimum atomic E-state index is -3.39. The third-order valence-electron chi connectivity index (χ3n) is 7.76. The van der Waals surface area contributed by atoms with Gasteiger partial charge >= 0.3 is 12.1 Å². The summed E-state index contributed by atoms with van der Waals surface area (Å²) in [5.74, 6) is -1.29. The lowest BCUT2D eigenvalue weighted by Gasteiger charge is -2.20. The summed E-state index contributed by atoms with van der Waals surface area (Å²) in [7, 11) is -1.67. The molecule has 2 atom stereocenters. The number of carbonyl (C=O) groups excluding carboxylic acids is 1. The number of H-pyrrole nitrogens is 1. The number of aromatic nitrogens is 2. The second-order valence-electron chi connectivity index (χ2n) is 11.2. The number of hydrogen-bond acceptors (Lipinski definition) is 9. The summed E-state index contributed by atoms with van der Waals surface area (Å²) in [5, 5.41) is 18.6. The fraction of sp³-hybridized carbons (Fsp3) is 0.312.